The van der Waals surface area contributed by atoms with Crippen molar-refractivity contribution < 1.29 is 9.53 Å². The highest BCUT2D eigenvalue weighted by Gasteiger charge is 1.97. The summed E-state index contributed by atoms with van der Waals surface area (Å²) >= 11 is 4.01. The summed E-state index contributed by atoms with van der Waals surface area (Å²) in [6.07, 6.45) is 26.5. The topological polar surface area (TPSA) is 26.3 Å². The lowest BCUT2D eigenvalue weighted by Crippen LogP contribution is -2.04. The molecule has 26 heavy (non-hydrogen) atoms. The van der Waals surface area contributed by atoms with Gasteiger partial charge in [0.05, 0.1) is 6.42 Å². The van der Waals surface area contributed by atoms with Gasteiger partial charge in [0.2, 0.25) is 0 Å². The molecule has 0 aliphatic rings. The third kappa shape index (κ3) is 21.6. The van der Waals surface area contributed by atoms with Gasteiger partial charge < -0.3 is 4.74 Å². The molecule has 0 bridgehead atoms. The average molecular weight is 385 g/mol. The van der Waals surface area contributed by atoms with Gasteiger partial charge >= 0.3 is 5.97 Å². The number of ether oxygens (including phenoxy) is 1. The summed E-state index contributed by atoms with van der Waals surface area (Å²) in [5.41, 5.74) is 0. The molecule has 0 aromatic heterocycles. The molecule has 0 fully saturated rings. The van der Waals surface area contributed by atoms with Crippen molar-refractivity contribution in [3.05, 3.63) is 12.2 Å². The van der Waals surface area contributed by atoms with Crippen molar-refractivity contribution in [1.29, 1.82) is 0 Å². The first kappa shape index (κ1) is 25.6. The summed E-state index contributed by atoms with van der Waals surface area (Å²) in [6, 6.07) is 0. The quantitative estimate of drug-likeness (QED) is 0.101. The Hall–Kier alpha value is -0.440. The average Bonchev–Trinajstić information content (AvgIpc) is 2.65. The van der Waals surface area contributed by atoms with E-state index < -0.39 is 0 Å². The van der Waals surface area contributed by atoms with Crippen LogP contribution in [0.15, 0.2) is 12.2 Å². The van der Waals surface area contributed by atoms with E-state index in [9.17, 15) is 4.79 Å². The minimum atomic E-state index is -0.146. The van der Waals surface area contributed by atoms with Gasteiger partial charge in [-0.15, -0.1) is 0 Å². The second-order valence-corrected chi connectivity index (χ2v) is 7.81. The number of carbonyl (C=O) groups excluding carboxylic acids is 1. The molecule has 2 nitrogen and oxygen atoms in total. The van der Waals surface area contributed by atoms with Crippen LogP contribution in [0.2, 0.25) is 0 Å². The van der Waals surface area contributed by atoms with Gasteiger partial charge in [-0.25, -0.2) is 0 Å². The van der Waals surface area contributed by atoms with Gasteiger partial charge in [0.15, 0.2) is 0 Å². The largest absolute Gasteiger partial charge is 0.465 e. The van der Waals surface area contributed by atoms with Crippen molar-refractivity contribution in [3.63, 3.8) is 0 Å². The van der Waals surface area contributed by atoms with E-state index in [-0.39, 0.29) is 5.97 Å². The molecule has 0 rings (SSSR count). The SMILES string of the molecule is CCCCCCCCCCCCCCCCC/C=C/CC(=O)OCCS. The van der Waals surface area contributed by atoms with E-state index >= 15 is 0 Å². The predicted molar refractivity (Wildman–Crippen MR) is 118 cm³/mol. The molecule has 0 N–H and O–H groups in total. The summed E-state index contributed by atoms with van der Waals surface area (Å²) in [4.78, 5) is 11.3. The van der Waals surface area contributed by atoms with Crippen molar-refractivity contribution in [2.24, 2.45) is 0 Å². The lowest BCUT2D eigenvalue weighted by molar-refractivity contribution is -0.141. The lowest BCUT2D eigenvalue weighted by Gasteiger charge is -2.03. The predicted octanol–water partition coefficient (Wildman–Crippen LogP) is 7.67. The van der Waals surface area contributed by atoms with Gasteiger partial charge in [-0.2, -0.15) is 12.6 Å². The van der Waals surface area contributed by atoms with E-state index in [1.54, 1.807) is 0 Å². The molecule has 0 saturated heterocycles. The van der Waals surface area contributed by atoms with E-state index in [4.69, 9.17) is 4.74 Å². The molecule has 0 spiro atoms. The Labute approximate surface area is 169 Å². The first-order chi connectivity index (χ1) is 12.8. The molecule has 0 aromatic rings. The highest BCUT2D eigenvalue weighted by atomic mass is 32.1. The van der Waals surface area contributed by atoms with Crippen LogP contribution in [0.5, 0.6) is 0 Å². The van der Waals surface area contributed by atoms with Crippen LogP contribution >= 0.6 is 12.6 Å². The molecule has 154 valence electrons. The molecule has 0 aliphatic heterocycles. The molecular formula is C23H44O2S. The molecule has 0 atom stereocenters. The number of carbonyl (C=O) groups is 1. The highest BCUT2D eigenvalue weighted by Crippen LogP contribution is 2.13. The third-order valence-corrected chi connectivity index (χ3v) is 4.96. The van der Waals surface area contributed by atoms with Crippen LogP contribution in [-0.2, 0) is 9.53 Å². The monoisotopic (exact) mass is 384 g/mol. The number of rotatable bonds is 20. The van der Waals surface area contributed by atoms with E-state index in [1.165, 1.54) is 96.3 Å². The molecule has 0 heterocycles. The maximum absolute atomic E-state index is 11.3. The summed E-state index contributed by atoms with van der Waals surface area (Å²) in [5.74, 6) is 0.445. The fraction of sp³-hybridized carbons (Fsp3) is 0.870. The second kappa shape index (κ2) is 22.6. The van der Waals surface area contributed by atoms with Gasteiger partial charge in [0, 0.05) is 5.75 Å². The first-order valence-corrected chi connectivity index (χ1v) is 11.9. The Morgan fingerprint density at radius 1 is 0.731 bits per heavy atom. The fourth-order valence-electron chi connectivity index (χ4n) is 3.15. The normalized spacial score (nSPS) is 11.3. The van der Waals surface area contributed by atoms with E-state index in [0.717, 1.165) is 6.42 Å². The second-order valence-electron chi connectivity index (χ2n) is 7.36. The molecule has 0 aromatic carbocycles. The highest BCUT2D eigenvalue weighted by molar-refractivity contribution is 7.80. The number of thiol groups is 1. The van der Waals surface area contributed by atoms with Crippen LogP contribution < -0.4 is 0 Å². The van der Waals surface area contributed by atoms with Gasteiger partial charge in [0.1, 0.15) is 6.61 Å². The summed E-state index contributed by atoms with van der Waals surface area (Å²) < 4.78 is 4.96. The Morgan fingerprint density at radius 2 is 1.19 bits per heavy atom. The number of esters is 1. The Bertz CT molecular complexity index is 315. The molecule has 0 radical (unpaired) electrons. The van der Waals surface area contributed by atoms with Gasteiger partial charge in [-0.05, 0) is 12.8 Å². The summed E-state index contributed by atoms with van der Waals surface area (Å²) in [6.45, 7) is 2.69. The maximum Gasteiger partial charge on any atom is 0.309 e. The number of unbranched alkanes of at least 4 members (excludes halogenated alkanes) is 15. The van der Waals surface area contributed by atoms with Crippen molar-refractivity contribution in [2.75, 3.05) is 12.4 Å². The molecule has 0 aliphatic carbocycles. The maximum atomic E-state index is 11.3. The van der Waals surface area contributed by atoms with Crippen molar-refractivity contribution in [1.82, 2.24) is 0 Å². The zero-order chi connectivity index (χ0) is 19.1. The molecule has 0 amide bonds. The minimum Gasteiger partial charge on any atom is -0.465 e. The lowest BCUT2D eigenvalue weighted by atomic mass is 10.0. The summed E-state index contributed by atoms with van der Waals surface area (Å²) in [7, 11) is 0. The third-order valence-electron chi connectivity index (χ3n) is 4.78. The van der Waals surface area contributed by atoms with E-state index in [1.807, 2.05) is 6.08 Å². The molecule has 3 heteroatoms. The molecule has 0 saturated carbocycles. The Balaban J connectivity index is 3.12. The first-order valence-electron chi connectivity index (χ1n) is 11.2. The van der Waals surface area contributed by atoms with Crippen molar-refractivity contribution in [2.45, 2.75) is 116 Å². The minimum absolute atomic E-state index is 0.146. The Kier molecular flexibility index (Phi) is 22.2. The molecular weight excluding hydrogens is 340 g/mol. The van der Waals surface area contributed by atoms with Crippen molar-refractivity contribution >= 4 is 18.6 Å². The zero-order valence-electron chi connectivity index (χ0n) is 17.4. The van der Waals surface area contributed by atoms with E-state index in [0.29, 0.717) is 18.8 Å². The van der Waals surface area contributed by atoms with Gasteiger partial charge in [0.25, 0.3) is 0 Å². The van der Waals surface area contributed by atoms with Crippen LogP contribution in [0.25, 0.3) is 0 Å². The number of hydrogen-bond donors (Lipinski definition) is 1. The van der Waals surface area contributed by atoms with E-state index in [2.05, 4.69) is 25.6 Å². The number of hydrogen-bond acceptors (Lipinski definition) is 3. The van der Waals surface area contributed by atoms with Crippen molar-refractivity contribution in [3.8, 4) is 0 Å². The van der Waals surface area contributed by atoms with Gasteiger partial charge in [-0.1, -0.05) is 109 Å². The fourth-order valence-corrected chi connectivity index (χ4v) is 3.24. The Morgan fingerprint density at radius 3 is 1.65 bits per heavy atom. The zero-order valence-corrected chi connectivity index (χ0v) is 18.2. The number of allylic oxidation sites excluding steroid dienone is 1. The van der Waals surface area contributed by atoms with Crippen LogP contribution in [0.4, 0.5) is 0 Å². The molecule has 0 unspecified atom stereocenters. The van der Waals surface area contributed by atoms with Gasteiger partial charge in [-0.3, -0.25) is 4.79 Å². The smallest absolute Gasteiger partial charge is 0.309 e. The van der Waals surface area contributed by atoms with Crippen LogP contribution in [0.3, 0.4) is 0 Å². The van der Waals surface area contributed by atoms with Crippen LogP contribution in [0.1, 0.15) is 116 Å². The van der Waals surface area contributed by atoms with Crippen LogP contribution in [0, 0.1) is 0 Å². The standard InChI is InChI=1S/C23H44O2S/c1-2-3-4-5-6-7-8-9-10-11-12-13-14-15-16-17-18-19-20-23(24)25-21-22-26/h18-19,26H,2-17,20-22H2,1H3/b19-18+. The summed E-state index contributed by atoms with van der Waals surface area (Å²) in [5, 5.41) is 0. The van der Waals surface area contributed by atoms with Crippen LogP contribution in [-0.4, -0.2) is 18.3 Å².